The van der Waals surface area contributed by atoms with Crippen molar-refractivity contribution in [2.75, 3.05) is 0 Å². The SMILES string of the molecule is CC(C)C(C)(C)Cn1ccc2c1CC(C)(C)CC2=O. The average molecular weight is 261 g/mol. The number of nitrogens with zero attached hydrogens (tertiary/aromatic N) is 1. The zero-order valence-corrected chi connectivity index (χ0v) is 13.2. The summed E-state index contributed by atoms with van der Waals surface area (Å²) in [7, 11) is 0. The van der Waals surface area contributed by atoms with Gasteiger partial charge in [-0.3, -0.25) is 4.79 Å². The molecule has 1 aromatic rings. The largest absolute Gasteiger partial charge is 0.350 e. The summed E-state index contributed by atoms with van der Waals surface area (Å²) in [6, 6.07) is 2.02. The molecule has 1 aromatic heterocycles. The van der Waals surface area contributed by atoms with Gasteiger partial charge in [0.05, 0.1) is 0 Å². The van der Waals surface area contributed by atoms with Crippen LogP contribution in [0.25, 0.3) is 0 Å². The van der Waals surface area contributed by atoms with E-state index in [1.807, 2.05) is 6.07 Å². The van der Waals surface area contributed by atoms with E-state index < -0.39 is 0 Å². The van der Waals surface area contributed by atoms with Crippen LogP contribution in [-0.4, -0.2) is 10.4 Å². The zero-order chi connectivity index (χ0) is 14.4. The summed E-state index contributed by atoms with van der Waals surface area (Å²) in [6.45, 7) is 14.5. The maximum Gasteiger partial charge on any atom is 0.165 e. The lowest BCUT2D eigenvalue weighted by Gasteiger charge is -2.34. The highest BCUT2D eigenvalue weighted by Gasteiger charge is 2.34. The van der Waals surface area contributed by atoms with E-state index in [-0.39, 0.29) is 10.8 Å². The van der Waals surface area contributed by atoms with E-state index in [2.05, 4.69) is 52.3 Å². The first-order valence-corrected chi connectivity index (χ1v) is 7.34. The third kappa shape index (κ3) is 2.77. The molecule has 1 aliphatic rings. The summed E-state index contributed by atoms with van der Waals surface area (Å²) in [6.07, 6.45) is 3.79. The van der Waals surface area contributed by atoms with Gasteiger partial charge in [-0.2, -0.15) is 0 Å². The molecule has 1 aliphatic carbocycles. The standard InChI is InChI=1S/C17H27NO/c1-12(2)17(5,6)11-18-8-7-13-14(18)9-16(3,4)10-15(13)19/h7-8,12H,9-11H2,1-6H3. The van der Waals surface area contributed by atoms with Gasteiger partial charge in [0, 0.05) is 30.4 Å². The fraction of sp³-hybridized carbons (Fsp3) is 0.706. The van der Waals surface area contributed by atoms with Crippen LogP contribution in [0.15, 0.2) is 12.3 Å². The Balaban J connectivity index is 2.34. The van der Waals surface area contributed by atoms with Gasteiger partial charge in [0.15, 0.2) is 5.78 Å². The number of hydrogen-bond donors (Lipinski definition) is 0. The van der Waals surface area contributed by atoms with Crippen LogP contribution in [0.3, 0.4) is 0 Å². The number of rotatable bonds is 3. The Morgan fingerprint density at radius 2 is 1.95 bits per heavy atom. The Bertz CT molecular complexity index is 491. The molecule has 0 aliphatic heterocycles. The van der Waals surface area contributed by atoms with E-state index in [0.717, 1.165) is 18.5 Å². The normalized spacial score (nSPS) is 18.8. The second kappa shape index (κ2) is 4.50. The molecule has 0 bridgehead atoms. The molecule has 1 heterocycles. The number of carbonyl (C=O) groups excluding carboxylic acids is 1. The predicted octanol–water partition coefficient (Wildman–Crippen LogP) is 4.33. The minimum atomic E-state index is 0.0994. The molecule has 0 N–H and O–H groups in total. The molecule has 0 radical (unpaired) electrons. The summed E-state index contributed by atoms with van der Waals surface area (Å²) < 4.78 is 2.31. The highest BCUT2D eigenvalue weighted by Crippen LogP contribution is 2.37. The molecule has 0 saturated carbocycles. The molecule has 2 nitrogen and oxygen atoms in total. The van der Waals surface area contributed by atoms with E-state index in [1.54, 1.807) is 0 Å². The summed E-state index contributed by atoms with van der Waals surface area (Å²) in [4.78, 5) is 12.2. The van der Waals surface area contributed by atoms with Gasteiger partial charge in [-0.25, -0.2) is 0 Å². The van der Waals surface area contributed by atoms with E-state index in [1.165, 1.54) is 5.69 Å². The van der Waals surface area contributed by atoms with Crippen molar-refractivity contribution in [1.82, 2.24) is 4.57 Å². The van der Waals surface area contributed by atoms with Crippen LogP contribution in [-0.2, 0) is 13.0 Å². The highest BCUT2D eigenvalue weighted by molar-refractivity contribution is 5.98. The van der Waals surface area contributed by atoms with Gasteiger partial charge < -0.3 is 4.57 Å². The fourth-order valence-electron chi connectivity index (χ4n) is 2.77. The van der Waals surface area contributed by atoms with Gasteiger partial charge in [0.2, 0.25) is 0 Å². The smallest absolute Gasteiger partial charge is 0.165 e. The van der Waals surface area contributed by atoms with Gasteiger partial charge in [-0.1, -0.05) is 41.5 Å². The lowest BCUT2D eigenvalue weighted by molar-refractivity contribution is 0.0907. The maximum atomic E-state index is 12.2. The highest BCUT2D eigenvalue weighted by atomic mass is 16.1. The van der Waals surface area contributed by atoms with E-state index in [0.29, 0.717) is 18.1 Å². The molecule has 2 rings (SSSR count). The molecule has 106 valence electrons. The molecule has 0 atom stereocenters. The second-order valence-corrected chi connectivity index (χ2v) is 7.89. The fourth-order valence-corrected chi connectivity index (χ4v) is 2.77. The number of hydrogen-bond acceptors (Lipinski definition) is 1. The van der Waals surface area contributed by atoms with Crippen LogP contribution in [0.1, 0.15) is 64.0 Å². The first kappa shape index (κ1) is 14.4. The van der Waals surface area contributed by atoms with Gasteiger partial charge >= 0.3 is 0 Å². The first-order chi connectivity index (χ1) is 8.62. The number of fused-ring (bicyclic) bond motifs is 1. The summed E-state index contributed by atoms with van der Waals surface area (Å²) >= 11 is 0. The van der Waals surface area contributed by atoms with Crippen LogP contribution >= 0.6 is 0 Å². The van der Waals surface area contributed by atoms with E-state index in [4.69, 9.17) is 0 Å². The minimum absolute atomic E-state index is 0.0994. The Morgan fingerprint density at radius 1 is 1.32 bits per heavy atom. The van der Waals surface area contributed by atoms with Crippen molar-refractivity contribution >= 4 is 5.78 Å². The lowest BCUT2D eigenvalue weighted by atomic mass is 9.76. The van der Waals surface area contributed by atoms with E-state index >= 15 is 0 Å². The summed E-state index contributed by atoms with van der Waals surface area (Å²) in [5.74, 6) is 0.935. The average Bonchev–Trinajstić information content (AvgIpc) is 2.59. The quantitative estimate of drug-likeness (QED) is 0.794. The summed E-state index contributed by atoms with van der Waals surface area (Å²) in [5.41, 5.74) is 2.55. The van der Waals surface area contributed by atoms with Crippen molar-refractivity contribution in [2.24, 2.45) is 16.7 Å². The molecule has 0 saturated heterocycles. The third-order valence-corrected chi connectivity index (χ3v) is 4.81. The molecular formula is C17H27NO. The molecule has 19 heavy (non-hydrogen) atoms. The molecule has 0 amide bonds. The number of ketones is 1. The first-order valence-electron chi connectivity index (χ1n) is 7.34. The monoisotopic (exact) mass is 261 g/mol. The minimum Gasteiger partial charge on any atom is -0.350 e. The lowest BCUT2D eigenvalue weighted by Crippen LogP contribution is -2.31. The number of aromatic nitrogens is 1. The molecular weight excluding hydrogens is 234 g/mol. The molecule has 0 unspecified atom stereocenters. The number of carbonyl (C=O) groups is 1. The van der Waals surface area contributed by atoms with Crippen molar-refractivity contribution in [1.29, 1.82) is 0 Å². The Kier molecular flexibility index (Phi) is 3.40. The van der Waals surface area contributed by atoms with Crippen molar-refractivity contribution < 1.29 is 4.79 Å². The molecule has 0 aromatic carbocycles. The predicted molar refractivity (Wildman–Crippen MR) is 79.5 cm³/mol. The van der Waals surface area contributed by atoms with Crippen molar-refractivity contribution in [3.05, 3.63) is 23.5 Å². The Labute approximate surface area is 117 Å². The zero-order valence-electron chi connectivity index (χ0n) is 13.2. The van der Waals surface area contributed by atoms with Gasteiger partial charge in [0.25, 0.3) is 0 Å². The topological polar surface area (TPSA) is 22.0 Å². The third-order valence-electron chi connectivity index (χ3n) is 4.81. The van der Waals surface area contributed by atoms with Gasteiger partial charge in [-0.05, 0) is 29.2 Å². The van der Waals surface area contributed by atoms with Crippen LogP contribution in [0.2, 0.25) is 0 Å². The molecule has 2 heteroatoms. The Morgan fingerprint density at radius 3 is 2.53 bits per heavy atom. The van der Waals surface area contributed by atoms with Gasteiger partial charge in [-0.15, -0.1) is 0 Å². The van der Waals surface area contributed by atoms with Crippen molar-refractivity contribution in [2.45, 2.75) is 60.9 Å². The van der Waals surface area contributed by atoms with Crippen molar-refractivity contribution in [3.8, 4) is 0 Å². The van der Waals surface area contributed by atoms with E-state index in [9.17, 15) is 4.79 Å². The van der Waals surface area contributed by atoms with Crippen LogP contribution in [0.5, 0.6) is 0 Å². The van der Waals surface area contributed by atoms with Crippen molar-refractivity contribution in [3.63, 3.8) is 0 Å². The van der Waals surface area contributed by atoms with Gasteiger partial charge in [0.1, 0.15) is 0 Å². The molecule has 0 fully saturated rings. The summed E-state index contributed by atoms with van der Waals surface area (Å²) in [5, 5.41) is 0. The van der Waals surface area contributed by atoms with Crippen LogP contribution < -0.4 is 0 Å². The Hall–Kier alpha value is -1.05. The molecule has 0 spiro atoms. The number of Topliss-reactive ketones (excluding diaryl/α,β-unsaturated/α-hetero) is 1. The maximum absolute atomic E-state index is 12.2. The van der Waals surface area contributed by atoms with Crippen LogP contribution in [0.4, 0.5) is 0 Å². The second-order valence-electron chi connectivity index (χ2n) is 7.89. The van der Waals surface area contributed by atoms with Crippen LogP contribution in [0, 0.1) is 16.7 Å².